The topological polar surface area (TPSA) is 88.2 Å². The summed E-state index contributed by atoms with van der Waals surface area (Å²) in [5.41, 5.74) is 1.80. The normalized spacial score (nSPS) is 10.7. The second kappa shape index (κ2) is 8.99. The molecule has 0 atom stereocenters. The third-order valence-electron chi connectivity index (χ3n) is 3.96. The number of H-pyrrole nitrogens is 1. The van der Waals surface area contributed by atoms with Crippen molar-refractivity contribution in [3.63, 3.8) is 0 Å². The Morgan fingerprint density at radius 1 is 1.29 bits per heavy atom. The van der Waals surface area contributed by atoms with Crippen LogP contribution in [-0.2, 0) is 4.79 Å². The quantitative estimate of drug-likeness (QED) is 0.452. The number of methoxy groups -OCH3 is 1. The second-order valence-corrected chi connectivity index (χ2v) is 7.42. The molecule has 0 bridgehead atoms. The van der Waals surface area contributed by atoms with Gasteiger partial charge < -0.3 is 10.1 Å². The molecule has 0 saturated heterocycles. The van der Waals surface area contributed by atoms with E-state index in [4.69, 9.17) is 20.9 Å². The van der Waals surface area contributed by atoms with Crippen LogP contribution in [0.3, 0.4) is 0 Å². The Hall–Kier alpha value is -2.71. The van der Waals surface area contributed by atoms with E-state index in [2.05, 4.69) is 10.6 Å². The van der Waals surface area contributed by atoms with E-state index >= 15 is 0 Å². The summed E-state index contributed by atoms with van der Waals surface area (Å²) >= 11 is 7.30. The molecule has 0 fully saturated rings. The molecular weight excluding hydrogens is 402 g/mol. The van der Waals surface area contributed by atoms with Crippen LogP contribution in [0, 0.1) is 6.92 Å². The summed E-state index contributed by atoms with van der Waals surface area (Å²) in [6.07, 6.45) is 0.226. The highest BCUT2D eigenvalue weighted by Crippen LogP contribution is 2.20. The van der Waals surface area contributed by atoms with Gasteiger partial charge in [0.25, 0.3) is 0 Å². The number of carbonyl (C=O) groups is 1. The highest BCUT2D eigenvalue weighted by atomic mass is 35.5. The zero-order chi connectivity index (χ0) is 20.1. The van der Waals surface area contributed by atoms with Crippen molar-refractivity contribution >= 4 is 35.0 Å². The summed E-state index contributed by atoms with van der Waals surface area (Å²) in [6.45, 7) is 1.89. The summed E-state index contributed by atoms with van der Waals surface area (Å²) in [4.78, 5) is 24.1. The molecule has 1 aromatic heterocycles. The Labute approximate surface area is 170 Å². The number of amides is 1. The fraction of sp³-hybridized carbons (Fsp3) is 0.211. The van der Waals surface area contributed by atoms with Crippen molar-refractivity contribution in [1.82, 2.24) is 5.27 Å². The van der Waals surface area contributed by atoms with Gasteiger partial charge in [0.15, 0.2) is 0 Å². The van der Waals surface area contributed by atoms with E-state index in [1.165, 1.54) is 16.4 Å². The molecule has 146 valence electrons. The Morgan fingerprint density at radius 3 is 2.71 bits per heavy atom. The van der Waals surface area contributed by atoms with Gasteiger partial charge in [-0.2, -0.15) is 0 Å². The number of hydrogen-bond donors (Lipinski definition) is 2. The summed E-state index contributed by atoms with van der Waals surface area (Å²) in [5, 5.41) is 6.32. The van der Waals surface area contributed by atoms with E-state index in [9.17, 15) is 9.59 Å². The van der Waals surface area contributed by atoms with Gasteiger partial charge >= 0.3 is 10.7 Å². The summed E-state index contributed by atoms with van der Waals surface area (Å²) < 4.78 is 11.6. The predicted octanol–water partition coefficient (Wildman–Crippen LogP) is 3.34. The van der Waals surface area contributed by atoms with Gasteiger partial charge in [0.05, 0.1) is 7.11 Å². The van der Waals surface area contributed by atoms with Gasteiger partial charge in [0.1, 0.15) is 5.75 Å². The number of rotatable bonds is 7. The van der Waals surface area contributed by atoms with Crippen molar-refractivity contribution in [2.75, 3.05) is 18.2 Å². The van der Waals surface area contributed by atoms with Gasteiger partial charge in [-0.05, 0) is 58.5 Å². The molecule has 28 heavy (non-hydrogen) atoms. The molecule has 0 spiro atoms. The molecular formula is C19H19ClN3O4S+. The first-order chi connectivity index (χ1) is 13.5. The SMILES string of the molecule is COc1ccc(-[n+]2[nH]oc(=O)c2SCCC(=O)Nc2ccc(C)c(Cl)c2)cc1. The van der Waals surface area contributed by atoms with E-state index < -0.39 is 5.63 Å². The van der Waals surface area contributed by atoms with Gasteiger partial charge in [-0.25, -0.2) is 4.79 Å². The van der Waals surface area contributed by atoms with Crippen LogP contribution in [0.25, 0.3) is 5.69 Å². The third kappa shape index (κ3) is 4.76. The molecule has 3 rings (SSSR count). The first-order valence-electron chi connectivity index (χ1n) is 8.44. The van der Waals surface area contributed by atoms with E-state index in [0.29, 0.717) is 32.9 Å². The molecule has 7 nitrogen and oxygen atoms in total. The number of aromatic amines is 1. The summed E-state index contributed by atoms with van der Waals surface area (Å²) in [6, 6.07) is 12.5. The van der Waals surface area contributed by atoms with Gasteiger partial charge in [-0.3, -0.25) is 9.32 Å². The average molecular weight is 421 g/mol. The van der Waals surface area contributed by atoms with Crippen molar-refractivity contribution in [3.8, 4) is 11.4 Å². The fourth-order valence-corrected chi connectivity index (χ4v) is 3.52. The number of aromatic nitrogens is 2. The first-order valence-corrected chi connectivity index (χ1v) is 9.81. The van der Waals surface area contributed by atoms with E-state index in [-0.39, 0.29) is 12.3 Å². The van der Waals surface area contributed by atoms with Gasteiger partial charge in [0.2, 0.25) is 11.6 Å². The van der Waals surface area contributed by atoms with E-state index in [1.807, 2.05) is 13.0 Å². The molecule has 0 aliphatic rings. The minimum absolute atomic E-state index is 0.164. The smallest absolute Gasteiger partial charge is 0.442 e. The highest BCUT2D eigenvalue weighted by Gasteiger charge is 2.24. The molecule has 1 amide bonds. The lowest BCUT2D eigenvalue weighted by Crippen LogP contribution is -2.36. The van der Waals surface area contributed by atoms with E-state index in [0.717, 1.165) is 5.56 Å². The molecule has 0 saturated carbocycles. The minimum Gasteiger partial charge on any atom is -0.497 e. The Bertz CT molecular complexity index is 1030. The second-order valence-electron chi connectivity index (χ2n) is 5.93. The monoisotopic (exact) mass is 420 g/mol. The van der Waals surface area contributed by atoms with Crippen LogP contribution in [0.2, 0.25) is 5.02 Å². The molecule has 0 aliphatic heterocycles. The average Bonchev–Trinajstić information content (AvgIpc) is 3.05. The Kier molecular flexibility index (Phi) is 6.43. The molecule has 3 aromatic rings. The van der Waals surface area contributed by atoms with Crippen LogP contribution in [0.5, 0.6) is 5.75 Å². The number of benzene rings is 2. The number of anilines is 1. The summed E-state index contributed by atoms with van der Waals surface area (Å²) in [5.74, 6) is 0.949. The highest BCUT2D eigenvalue weighted by molar-refractivity contribution is 7.99. The third-order valence-corrected chi connectivity index (χ3v) is 5.40. The van der Waals surface area contributed by atoms with Crippen LogP contribution in [-0.4, -0.2) is 24.0 Å². The molecule has 1 heterocycles. The minimum atomic E-state index is -0.494. The van der Waals surface area contributed by atoms with Crippen molar-refractivity contribution < 1.29 is 18.7 Å². The maximum absolute atomic E-state index is 12.1. The number of halogens is 1. The number of carbonyl (C=O) groups excluding carboxylic acids is 1. The lowest BCUT2D eigenvalue weighted by atomic mass is 10.2. The molecule has 2 N–H and O–H groups in total. The molecule has 0 unspecified atom stereocenters. The fourth-order valence-electron chi connectivity index (χ4n) is 2.42. The van der Waals surface area contributed by atoms with Crippen LogP contribution >= 0.6 is 23.4 Å². The number of nitrogens with one attached hydrogen (secondary N) is 2. The molecule has 2 aromatic carbocycles. The largest absolute Gasteiger partial charge is 0.497 e. The lowest BCUT2D eigenvalue weighted by Gasteiger charge is -2.06. The maximum Gasteiger partial charge on any atom is 0.442 e. The first kappa shape index (κ1) is 20.0. The zero-order valence-electron chi connectivity index (χ0n) is 15.3. The maximum atomic E-state index is 12.1. The van der Waals surface area contributed by atoms with Crippen molar-refractivity contribution in [2.45, 2.75) is 18.4 Å². The predicted molar refractivity (Wildman–Crippen MR) is 108 cm³/mol. The molecule has 0 radical (unpaired) electrons. The number of hydrogen-bond acceptors (Lipinski definition) is 5. The number of aryl methyl sites for hydroxylation is 1. The summed E-state index contributed by atoms with van der Waals surface area (Å²) in [7, 11) is 1.58. The van der Waals surface area contributed by atoms with Crippen molar-refractivity contribution in [1.29, 1.82) is 0 Å². The van der Waals surface area contributed by atoms with Gasteiger partial charge in [-0.1, -0.05) is 17.7 Å². The zero-order valence-corrected chi connectivity index (χ0v) is 16.9. The number of thioether (sulfide) groups is 1. The van der Waals surface area contributed by atoms with Crippen LogP contribution in [0.1, 0.15) is 12.0 Å². The van der Waals surface area contributed by atoms with E-state index in [1.54, 1.807) is 43.5 Å². The molecule has 9 heteroatoms. The van der Waals surface area contributed by atoms with Gasteiger partial charge in [0, 0.05) is 35.0 Å². The van der Waals surface area contributed by atoms with Crippen LogP contribution < -0.4 is 20.4 Å². The van der Waals surface area contributed by atoms with Crippen LogP contribution in [0.15, 0.2) is 56.8 Å². The van der Waals surface area contributed by atoms with Gasteiger partial charge in [-0.15, -0.1) is 0 Å². The number of nitrogens with zero attached hydrogens (tertiary/aromatic N) is 1. The number of ether oxygens (including phenoxy) is 1. The Balaban J connectivity index is 1.61. The Morgan fingerprint density at radius 2 is 2.04 bits per heavy atom. The van der Waals surface area contributed by atoms with Crippen LogP contribution in [0.4, 0.5) is 5.69 Å². The molecule has 0 aliphatic carbocycles. The standard InChI is InChI=1S/C19H18ClN3O4S/c1-12-3-4-13(11-16(12)20)21-17(24)9-10-28-18-19(25)27-22-23(18)14-5-7-15(26-2)8-6-14/h3-8,11H,9-10H2,1-2H3,(H-,21,22,24,25)/p+1. The van der Waals surface area contributed by atoms with Crippen molar-refractivity contribution in [3.05, 3.63) is 63.5 Å². The van der Waals surface area contributed by atoms with Crippen molar-refractivity contribution in [2.24, 2.45) is 0 Å². The lowest BCUT2D eigenvalue weighted by molar-refractivity contribution is -0.704.